The van der Waals surface area contributed by atoms with E-state index in [0.29, 0.717) is 23.8 Å². The van der Waals surface area contributed by atoms with Gasteiger partial charge in [-0.3, -0.25) is 9.36 Å². The summed E-state index contributed by atoms with van der Waals surface area (Å²) in [4.78, 5) is 18.6. The molecule has 0 unspecified atom stereocenters. The number of hydrogen-bond acceptors (Lipinski definition) is 3. The standard InChI is InChI=1S/C25H26N2OS/c1-16(2)19-7-5-18(6-8-19)13-27-15-26-24-23(25(27)28)22(14-29-24)21-11-9-20(10-12-21)17(3)4/h5-12,14-17H,13H2,1-4H3. The van der Waals surface area contributed by atoms with Crippen LogP contribution in [0.15, 0.2) is 65.0 Å². The quantitative estimate of drug-likeness (QED) is 0.386. The lowest BCUT2D eigenvalue weighted by Crippen LogP contribution is -2.21. The molecule has 4 aromatic rings. The second-order valence-corrected chi connectivity index (χ2v) is 9.04. The van der Waals surface area contributed by atoms with E-state index in [2.05, 4.69) is 81.2 Å². The van der Waals surface area contributed by atoms with E-state index in [9.17, 15) is 4.79 Å². The molecule has 4 heteroatoms. The molecular weight excluding hydrogens is 376 g/mol. The Labute approximate surface area is 175 Å². The highest BCUT2D eigenvalue weighted by Gasteiger charge is 2.14. The van der Waals surface area contributed by atoms with Crippen molar-refractivity contribution in [3.63, 3.8) is 0 Å². The Morgan fingerprint density at radius 1 is 0.897 bits per heavy atom. The Morgan fingerprint density at radius 2 is 1.48 bits per heavy atom. The Bertz CT molecular complexity index is 1180. The number of rotatable bonds is 5. The van der Waals surface area contributed by atoms with Crippen molar-refractivity contribution in [3.8, 4) is 11.1 Å². The summed E-state index contributed by atoms with van der Waals surface area (Å²) in [5.41, 5.74) is 5.78. The number of thiophene rings is 1. The summed E-state index contributed by atoms with van der Waals surface area (Å²) in [6.07, 6.45) is 1.67. The molecule has 0 spiro atoms. The Balaban J connectivity index is 1.71. The van der Waals surface area contributed by atoms with Gasteiger partial charge in [-0.1, -0.05) is 76.2 Å². The van der Waals surface area contributed by atoms with Crippen LogP contribution < -0.4 is 5.56 Å². The van der Waals surface area contributed by atoms with E-state index in [1.807, 2.05) is 5.38 Å². The van der Waals surface area contributed by atoms with Crippen molar-refractivity contribution in [1.82, 2.24) is 9.55 Å². The van der Waals surface area contributed by atoms with Crippen LogP contribution in [0.25, 0.3) is 21.3 Å². The zero-order valence-electron chi connectivity index (χ0n) is 17.3. The monoisotopic (exact) mass is 402 g/mol. The van der Waals surface area contributed by atoms with Crippen LogP contribution in [0.1, 0.15) is 56.2 Å². The maximum atomic E-state index is 13.3. The van der Waals surface area contributed by atoms with Gasteiger partial charge in [0.15, 0.2) is 0 Å². The first-order valence-corrected chi connectivity index (χ1v) is 11.0. The van der Waals surface area contributed by atoms with Crippen LogP contribution in [0, 0.1) is 0 Å². The maximum Gasteiger partial charge on any atom is 0.263 e. The fraction of sp³-hybridized carbons (Fsp3) is 0.280. The van der Waals surface area contributed by atoms with Crippen molar-refractivity contribution in [2.24, 2.45) is 0 Å². The van der Waals surface area contributed by atoms with Crippen molar-refractivity contribution >= 4 is 21.6 Å². The van der Waals surface area contributed by atoms with Crippen LogP contribution in [0.4, 0.5) is 0 Å². The third-order valence-corrected chi connectivity index (χ3v) is 6.33. The van der Waals surface area contributed by atoms with Crippen molar-refractivity contribution in [1.29, 1.82) is 0 Å². The van der Waals surface area contributed by atoms with Gasteiger partial charge < -0.3 is 0 Å². The highest BCUT2D eigenvalue weighted by molar-refractivity contribution is 7.17. The second kappa shape index (κ2) is 7.96. The number of fused-ring (bicyclic) bond motifs is 1. The summed E-state index contributed by atoms with van der Waals surface area (Å²) < 4.78 is 1.71. The van der Waals surface area contributed by atoms with Crippen molar-refractivity contribution < 1.29 is 0 Å². The Morgan fingerprint density at radius 3 is 2.07 bits per heavy atom. The largest absolute Gasteiger partial charge is 0.294 e. The van der Waals surface area contributed by atoms with E-state index < -0.39 is 0 Å². The van der Waals surface area contributed by atoms with Gasteiger partial charge in [-0.05, 0) is 34.1 Å². The molecule has 2 aromatic heterocycles. The van der Waals surface area contributed by atoms with Crippen LogP contribution in [0.3, 0.4) is 0 Å². The first kappa shape index (κ1) is 19.6. The average molecular weight is 403 g/mol. The summed E-state index contributed by atoms with van der Waals surface area (Å²) in [5, 5.41) is 2.76. The van der Waals surface area contributed by atoms with Gasteiger partial charge in [0, 0.05) is 10.9 Å². The molecule has 0 aliphatic heterocycles. The zero-order chi connectivity index (χ0) is 20.5. The van der Waals surface area contributed by atoms with Gasteiger partial charge in [0.2, 0.25) is 0 Å². The molecule has 0 aliphatic carbocycles. The molecular formula is C25H26N2OS. The smallest absolute Gasteiger partial charge is 0.263 e. The summed E-state index contributed by atoms with van der Waals surface area (Å²) in [7, 11) is 0. The Hall–Kier alpha value is -2.72. The maximum absolute atomic E-state index is 13.3. The third-order valence-electron chi connectivity index (χ3n) is 5.45. The lowest BCUT2D eigenvalue weighted by atomic mass is 9.99. The average Bonchev–Trinajstić information content (AvgIpc) is 3.15. The van der Waals surface area contributed by atoms with Crippen molar-refractivity contribution in [2.45, 2.75) is 46.1 Å². The molecule has 0 bridgehead atoms. The van der Waals surface area contributed by atoms with E-state index >= 15 is 0 Å². The van der Waals surface area contributed by atoms with Crippen LogP contribution >= 0.6 is 11.3 Å². The first-order chi connectivity index (χ1) is 13.9. The van der Waals surface area contributed by atoms with Gasteiger partial charge in [0.25, 0.3) is 5.56 Å². The highest BCUT2D eigenvalue weighted by Crippen LogP contribution is 2.31. The molecule has 2 aromatic carbocycles. The molecule has 148 valence electrons. The molecule has 0 saturated heterocycles. The van der Waals surface area contributed by atoms with Crippen LogP contribution in [0.2, 0.25) is 0 Å². The number of aromatic nitrogens is 2. The predicted molar refractivity (Wildman–Crippen MR) is 123 cm³/mol. The van der Waals surface area contributed by atoms with E-state index in [-0.39, 0.29) is 5.56 Å². The van der Waals surface area contributed by atoms with Crippen LogP contribution in [-0.2, 0) is 6.54 Å². The first-order valence-electron chi connectivity index (χ1n) is 10.1. The molecule has 0 fully saturated rings. The molecule has 3 nitrogen and oxygen atoms in total. The number of hydrogen-bond donors (Lipinski definition) is 0. The van der Waals surface area contributed by atoms with Gasteiger partial charge in [-0.25, -0.2) is 4.98 Å². The fourth-order valence-corrected chi connectivity index (χ4v) is 4.45. The summed E-state index contributed by atoms with van der Waals surface area (Å²) >= 11 is 1.53. The van der Waals surface area contributed by atoms with Gasteiger partial charge >= 0.3 is 0 Å². The summed E-state index contributed by atoms with van der Waals surface area (Å²) in [6.45, 7) is 9.27. The van der Waals surface area contributed by atoms with Crippen molar-refractivity contribution in [2.75, 3.05) is 0 Å². The van der Waals surface area contributed by atoms with Gasteiger partial charge in [-0.2, -0.15) is 0 Å². The van der Waals surface area contributed by atoms with Gasteiger partial charge in [-0.15, -0.1) is 11.3 Å². The summed E-state index contributed by atoms with van der Waals surface area (Å²) in [6, 6.07) is 17.0. The molecule has 0 N–H and O–H groups in total. The SMILES string of the molecule is CC(C)c1ccc(Cn2cnc3scc(-c4ccc(C(C)C)cc4)c3c2=O)cc1. The van der Waals surface area contributed by atoms with Crippen molar-refractivity contribution in [3.05, 3.63) is 87.3 Å². The molecule has 0 aliphatic rings. The molecule has 0 atom stereocenters. The molecule has 29 heavy (non-hydrogen) atoms. The predicted octanol–water partition coefficient (Wildman–Crippen LogP) is 6.42. The number of benzene rings is 2. The van der Waals surface area contributed by atoms with E-state index in [1.165, 1.54) is 22.5 Å². The lowest BCUT2D eigenvalue weighted by Gasteiger charge is -2.09. The van der Waals surface area contributed by atoms with Crippen LogP contribution in [-0.4, -0.2) is 9.55 Å². The molecule has 4 rings (SSSR count). The lowest BCUT2D eigenvalue weighted by molar-refractivity contribution is 0.748. The van der Waals surface area contributed by atoms with Crippen LogP contribution in [0.5, 0.6) is 0 Å². The zero-order valence-corrected chi connectivity index (χ0v) is 18.2. The highest BCUT2D eigenvalue weighted by atomic mass is 32.1. The molecule has 0 saturated carbocycles. The minimum absolute atomic E-state index is 0.0205. The van der Waals surface area contributed by atoms with E-state index in [1.54, 1.807) is 10.9 Å². The molecule has 0 amide bonds. The normalized spacial score (nSPS) is 11.7. The second-order valence-electron chi connectivity index (χ2n) is 8.18. The minimum atomic E-state index is 0.0205. The van der Waals surface area contributed by atoms with Gasteiger partial charge in [0.1, 0.15) is 4.83 Å². The Kier molecular flexibility index (Phi) is 5.37. The fourth-order valence-electron chi connectivity index (χ4n) is 3.54. The third kappa shape index (κ3) is 3.90. The van der Waals surface area contributed by atoms with E-state index in [0.717, 1.165) is 21.5 Å². The number of nitrogens with zero attached hydrogens (tertiary/aromatic N) is 2. The van der Waals surface area contributed by atoms with E-state index in [4.69, 9.17) is 0 Å². The minimum Gasteiger partial charge on any atom is -0.294 e. The molecule has 2 heterocycles. The van der Waals surface area contributed by atoms with Gasteiger partial charge in [0.05, 0.1) is 18.3 Å². The topological polar surface area (TPSA) is 34.9 Å². The summed E-state index contributed by atoms with van der Waals surface area (Å²) in [5.74, 6) is 0.990. The molecule has 0 radical (unpaired) electrons.